The van der Waals surface area contributed by atoms with E-state index in [2.05, 4.69) is 106 Å². The van der Waals surface area contributed by atoms with Gasteiger partial charge < -0.3 is 14.2 Å². The summed E-state index contributed by atoms with van der Waals surface area (Å²) in [5.41, 5.74) is 0. The van der Waals surface area contributed by atoms with Gasteiger partial charge in [0.1, 0.15) is 13.2 Å². The molecule has 0 N–H and O–H groups in total. The number of carbonyl (C=O) groups excluding carboxylic acids is 3. The molecular weight excluding hydrogens is 973 g/mol. The number of unbranched alkanes of at least 4 members (excludes halogenated alkanes) is 37. The molecule has 0 spiro atoms. The summed E-state index contributed by atoms with van der Waals surface area (Å²) in [5.74, 6) is -0.852. The highest BCUT2D eigenvalue weighted by Crippen LogP contribution is 2.17. The molecule has 0 rings (SSSR count). The van der Waals surface area contributed by atoms with Crippen molar-refractivity contribution >= 4 is 17.9 Å². The van der Waals surface area contributed by atoms with Crippen molar-refractivity contribution in [1.82, 2.24) is 0 Å². The second kappa shape index (κ2) is 67.1. The van der Waals surface area contributed by atoms with Crippen molar-refractivity contribution in [3.8, 4) is 0 Å². The van der Waals surface area contributed by atoms with E-state index in [1.807, 2.05) is 0 Å². The van der Waals surface area contributed by atoms with Crippen molar-refractivity contribution < 1.29 is 28.6 Å². The first-order valence-electron chi connectivity index (χ1n) is 34.1. The summed E-state index contributed by atoms with van der Waals surface area (Å²) in [4.78, 5) is 38.3. The van der Waals surface area contributed by atoms with Crippen molar-refractivity contribution in [3.63, 3.8) is 0 Å². The minimum absolute atomic E-state index is 0.0695. The predicted octanol–water partition coefficient (Wildman–Crippen LogP) is 23.4. The van der Waals surface area contributed by atoms with Crippen molar-refractivity contribution in [2.24, 2.45) is 0 Å². The first-order chi connectivity index (χ1) is 39.0. The highest BCUT2D eigenvalue weighted by molar-refractivity contribution is 5.71. The Labute approximate surface area is 490 Å². The van der Waals surface area contributed by atoms with E-state index in [0.717, 1.165) is 103 Å². The molecule has 1 atom stereocenters. The molecule has 1 unspecified atom stereocenters. The molecule has 0 aliphatic heterocycles. The van der Waals surface area contributed by atoms with Gasteiger partial charge in [-0.25, -0.2) is 0 Å². The molecule has 6 nitrogen and oxygen atoms in total. The van der Waals surface area contributed by atoms with Gasteiger partial charge in [-0.05, 0) is 77.0 Å². The highest BCUT2D eigenvalue weighted by Gasteiger charge is 2.19. The van der Waals surface area contributed by atoms with Gasteiger partial charge in [0, 0.05) is 19.3 Å². The Bertz CT molecular complexity index is 1500. The van der Waals surface area contributed by atoms with Crippen molar-refractivity contribution in [2.45, 2.75) is 348 Å². The first kappa shape index (κ1) is 75.6. The van der Waals surface area contributed by atoms with Crippen LogP contribution < -0.4 is 0 Å². The van der Waals surface area contributed by atoms with Gasteiger partial charge in [-0.3, -0.25) is 14.4 Å². The molecule has 0 saturated heterocycles. The molecule has 0 saturated carbocycles. The smallest absolute Gasteiger partial charge is 0.306 e. The number of esters is 3. The van der Waals surface area contributed by atoms with E-state index in [4.69, 9.17) is 14.2 Å². The molecular formula is C73H128O6. The number of hydrogen-bond acceptors (Lipinski definition) is 6. The standard InChI is InChI=1S/C73H128O6/c1-4-7-10-13-16-19-22-25-27-28-29-30-31-32-33-34-35-36-37-38-39-40-41-42-43-44-45-46-47-49-51-54-57-60-63-66-72(75)78-69-70(68-77-71(74)65-62-59-56-53-50-24-21-18-15-12-9-6-3)79-73(76)67-64-61-58-55-52-48-26-23-20-17-14-11-8-5-2/h7,10,16,19,25,27,29-30,32-33,35-36,38-39,70H,4-6,8-9,11-15,17-18,20-24,26,28,31,34,37,40-69H2,1-3H3/b10-7-,19-16-,27-25-,30-29-,33-32-,36-35-,39-38-. The quantitative estimate of drug-likeness (QED) is 0.0261. The Morgan fingerprint density at radius 1 is 0.266 bits per heavy atom. The van der Waals surface area contributed by atoms with E-state index >= 15 is 0 Å². The lowest BCUT2D eigenvalue weighted by molar-refractivity contribution is -0.167. The van der Waals surface area contributed by atoms with Crippen LogP contribution in [-0.4, -0.2) is 37.2 Å². The second-order valence-electron chi connectivity index (χ2n) is 22.7. The second-order valence-corrected chi connectivity index (χ2v) is 22.7. The van der Waals surface area contributed by atoms with Gasteiger partial charge in [0.25, 0.3) is 0 Å². The number of hydrogen-bond donors (Lipinski definition) is 0. The Kier molecular flexibility index (Phi) is 64.2. The Balaban J connectivity index is 4.12. The molecule has 0 bridgehead atoms. The minimum atomic E-state index is -0.771. The van der Waals surface area contributed by atoms with Crippen LogP contribution in [0.3, 0.4) is 0 Å². The maximum absolute atomic E-state index is 12.9. The summed E-state index contributed by atoms with van der Waals surface area (Å²) < 4.78 is 16.9. The van der Waals surface area contributed by atoms with Crippen LogP contribution in [0.15, 0.2) is 85.1 Å². The van der Waals surface area contributed by atoms with Crippen LogP contribution in [0.25, 0.3) is 0 Å². The van der Waals surface area contributed by atoms with E-state index < -0.39 is 6.10 Å². The van der Waals surface area contributed by atoms with E-state index in [1.165, 1.54) is 199 Å². The predicted molar refractivity (Wildman–Crippen MR) is 344 cm³/mol. The van der Waals surface area contributed by atoms with Gasteiger partial charge in [0.15, 0.2) is 6.10 Å². The molecule has 0 aliphatic carbocycles. The summed E-state index contributed by atoms with van der Waals surface area (Å²) in [6, 6.07) is 0. The molecule has 0 amide bonds. The fraction of sp³-hybridized carbons (Fsp3) is 0.767. The van der Waals surface area contributed by atoms with Crippen molar-refractivity contribution in [1.29, 1.82) is 0 Å². The number of allylic oxidation sites excluding steroid dienone is 14. The highest BCUT2D eigenvalue weighted by atomic mass is 16.6. The number of rotatable bonds is 62. The minimum Gasteiger partial charge on any atom is -0.462 e. The van der Waals surface area contributed by atoms with E-state index in [1.54, 1.807) is 0 Å². The van der Waals surface area contributed by atoms with Crippen molar-refractivity contribution in [3.05, 3.63) is 85.1 Å². The molecule has 0 fully saturated rings. The Hall–Kier alpha value is -3.41. The number of carbonyl (C=O) groups is 3. The molecule has 0 aromatic carbocycles. The normalized spacial score (nSPS) is 12.6. The lowest BCUT2D eigenvalue weighted by Crippen LogP contribution is -2.30. The lowest BCUT2D eigenvalue weighted by Gasteiger charge is -2.18. The molecule has 0 aliphatic rings. The van der Waals surface area contributed by atoms with Crippen LogP contribution in [0.2, 0.25) is 0 Å². The Morgan fingerprint density at radius 2 is 0.494 bits per heavy atom. The summed E-state index contributed by atoms with van der Waals surface area (Å²) >= 11 is 0. The average molecular weight is 1100 g/mol. The van der Waals surface area contributed by atoms with Gasteiger partial charge in [-0.1, -0.05) is 331 Å². The monoisotopic (exact) mass is 1100 g/mol. The largest absolute Gasteiger partial charge is 0.462 e. The van der Waals surface area contributed by atoms with Crippen molar-refractivity contribution in [2.75, 3.05) is 13.2 Å². The third-order valence-corrected chi connectivity index (χ3v) is 14.9. The van der Waals surface area contributed by atoms with Crippen LogP contribution in [0, 0.1) is 0 Å². The van der Waals surface area contributed by atoms with Crippen LogP contribution in [0.4, 0.5) is 0 Å². The number of ether oxygens (including phenoxy) is 3. The maximum Gasteiger partial charge on any atom is 0.306 e. The molecule has 0 aromatic rings. The topological polar surface area (TPSA) is 78.9 Å². The van der Waals surface area contributed by atoms with Gasteiger partial charge >= 0.3 is 17.9 Å². The molecule has 0 heterocycles. The maximum atomic E-state index is 12.9. The fourth-order valence-corrected chi connectivity index (χ4v) is 9.84. The summed E-state index contributed by atoms with van der Waals surface area (Å²) in [6.45, 7) is 6.56. The van der Waals surface area contributed by atoms with Gasteiger partial charge in [0.2, 0.25) is 0 Å². The Morgan fingerprint density at radius 3 is 0.772 bits per heavy atom. The van der Waals surface area contributed by atoms with Crippen LogP contribution in [-0.2, 0) is 28.6 Å². The van der Waals surface area contributed by atoms with Crippen LogP contribution in [0.5, 0.6) is 0 Å². The average Bonchev–Trinajstić information content (AvgIpc) is 3.45. The summed E-state index contributed by atoms with van der Waals surface area (Å²) in [6.07, 6.45) is 88.9. The molecule has 79 heavy (non-hydrogen) atoms. The van der Waals surface area contributed by atoms with Gasteiger partial charge in [0.05, 0.1) is 0 Å². The van der Waals surface area contributed by atoms with Crippen LogP contribution in [0.1, 0.15) is 342 Å². The SMILES string of the molecule is CC/C=C\C/C=C\C/C=C\C/C=C\C/C=C\C/C=C\C/C=C\CCCCCCCCCCCCCCCC(=O)OCC(COC(=O)CCCCCCCCCCCCCC)OC(=O)CCCCCCCCCCCCCCCC. The van der Waals surface area contributed by atoms with E-state index in [-0.39, 0.29) is 31.1 Å². The third kappa shape index (κ3) is 65.3. The molecule has 0 aromatic heterocycles. The van der Waals surface area contributed by atoms with Gasteiger partial charge in [-0.2, -0.15) is 0 Å². The van der Waals surface area contributed by atoms with E-state index in [9.17, 15) is 14.4 Å². The lowest BCUT2D eigenvalue weighted by atomic mass is 10.0. The zero-order valence-corrected chi connectivity index (χ0v) is 52.4. The first-order valence-corrected chi connectivity index (χ1v) is 34.1. The molecule has 0 radical (unpaired) electrons. The summed E-state index contributed by atoms with van der Waals surface area (Å²) in [5, 5.41) is 0. The van der Waals surface area contributed by atoms with E-state index in [0.29, 0.717) is 19.3 Å². The summed E-state index contributed by atoms with van der Waals surface area (Å²) in [7, 11) is 0. The molecule has 6 heteroatoms. The van der Waals surface area contributed by atoms with Gasteiger partial charge in [-0.15, -0.1) is 0 Å². The fourth-order valence-electron chi connectivity index (χ4n) is 9.84. The third-order valence-electron chi connectivity index (χ3n) is 14.9. The van der Waals surface area contributed by atoms with Crippen LogP contribution >= 0.6 is 0 Å². The molecule has 456 valence electrons. The zero-order valence-electron chi connectivity index (χ0n) is 52.4. The zero-order chi connectivity index (χ0) is 57.1.